The molecule has 1 heterocycles. The zero-order valence-electron chi connectivity index (χ0n) is 24.5. The monoisotopic (exact) mass is 604 g/mol. The van der Waals surface area contributed by atoms with E-state index in [2.05, 4.69) is 10.2 Å². The van der Waals surface area contributed by atoms with Gasteiger partial charge in [0.1, 0.15) is 30.7 Å². The standard InChI is InChI=1S/C31H32N4O9/c1-31(2,3)44-28(36)19-34(27-5-4-18-41-27)29(37)22-8-12-24(13-9-22)33-32-23-10-6-21(7-11-23)20-42-30(38)43-26-16-14-25(15-17-26)35(39)40/h6-17,27H,4-5,18-20H2,1-3H3. The number of carbonyl (C=O) groups excluding carboxylic acids is 3. The smallest absolute Gasteiger partial charge is 0.459 e. The number of nitro groups is 1. The van der Waals surface area contributed by atoms with Crippen LogP contribution in [0, 0.1) is 10.1 Å². The molecule has 1 atom stereocenters. The van der Waals surface area contributed by atoms with Crippen molar-refractivity contribution < 1.29 is 38.3 Å². The van der Waals surface area contributed by atoms with E-state index in [-0.39, 0.29) is 30.5 Å². The van der Waals surface area contributed by atoms with Crippen molar-refractivity contribution in [2.24, 2.45) is 10.2 Å². The van der Waals surface area contributed by atoms with Gasteiger partial charge in [-0.05, 0) is 87.7 Å². The van der Waals surface area contributed by atoms with Crippen LogP contribution in [0.1, 0.15) is 49.5 Å². The predicted molar refractivity (Wildman–Crippen MR) is 157 cm³/mol. The summed E-state index contributed by atoms with van der Waals surface area (Å²) in [6.07, 6.45) is -0.0120. The van der Waals surface area contributed by atoms with Gasteiger partial charge in [-0.25, -0.2) is 4.79 Å². The maximum Gasteiger partial charge on any atom is 0.514 e. The first-order chi connectivity index (χ1) is 21.0. The molecule has 230 valence electrons. The average Bonchev–Trinajstić information content (AvgIpc) is 3.52. The molecule has 1 aliphatic heterocycles. The number of nitrogens with zero attached hydrogens (tertiary/aromatic N) is 4. The van der Waals surface area contributed by atoms with Gasteiger partial charge in [-0.3, -0.25) is 19.7 Å². The fraction of sp³-hybridized carbons (Fsp3) is 0.323. The fourth-order valence-electron chi connectivity index (χ4n) is 4.14. The number of amides is 1. The van der Waals surface area contributed by atoms with E-state index < -0.39 is 28.9 Å². The van der Waals surface area contributed by atoms with Gasteiger partial charge in [-0.15, -0.1) is 0 Å². The quantitative estimate of drug-likeness (QED) is 0.0812. The van der Waals surface area contributed by atoms with Crippen molar-refractivity contribution in [1.82, 2.24) is 4.90 Å². The van der Waals surface area contributed by atoms with E-state index in [0.717, 1.165) is 6.42 Å². The first-order valence-electron chi connectivity index (χ1n) is 13.8. The third kappa shape index (κ3) is 9.42. The van der Waals surface area contributed by atoms with Crippen molar-refractivity contribution in [1.29, 1.82) is 0 Å². The summed E-state index contributed by atoms with van der Waals surface area (Å²) in [5, 5.41) is 19.1. The number of carbonyl (C=O) groups is 3. The van der Waals surface area contributed by atoms with Crippen molar-refractivity contribution in [2.45, 2.75) is 52.0 Å². The molecular weight excluding hydrogens is 572 g/mol. The summed E-state index contributed by atoms with van der Waals surface area (Å²) in [6.45, 7) is 5.55. The molecule has 1 amide bonds. The molecule has 0 radical (unpaired) electrons. The molecule has 13 nitrogen and oxygen atoms in total. The summed E-state index contributed by atoms with van der Waals surface area (Å²) in [5.41, 5.74) is 1.32. The van der Waals surface area contributed by atoms with Gasteiger partial charge in [0.25, 0.3) is 11.6 Å². The highest BCUT2D eigenvalue weighted by Gasteiger charge is 2.31. The van der Waals surface area contributed by atoms with Crippen LogP contribution in [-0.4, -0.2) is 52.8 Å². The maximum atomic E-state index is 13.3. The number of rotatable bonds is 10. The van der Waals surface area contributed by atoms with E-state index in [1.54, 1.807) is 69.3 Å². The van der Waals surface area contributed by atoms with Crippen LogP contribution in [0.4, 0.5) is 21.9 Å². The summed E-state index contributed by atoms with van der Waals surface area (Å²) >= 11 is 0. The SMILES string of the molecule is CC(C)(C)OC(=O)CN(C(=O)c1ccc(N=Nc2ccc(COC(=O)Oc3ccc([N+](=O)[O-])cc3)cc2)cc1)C1CCCO1. The Kier molecular flexibility index (Phi) is 10.3. The molecule has 44 heavy (non-hydrogen) atoms. The van der Waals surface area contributed by atoms with Gasteiger partial charge < -0.3 is 23.8 Å². The molecule has 0 aliphatic carbocycles. The Bertz CT molecular complexity index is 1490. The Balaban J connectivity index is 1.30. The lowest BCUT2D eigenvalue weighted by atomic mass is 10.1. The first-order valence-corrected chi connectivity index (χ1v) is 13.8. The lowest BCUT2D eigenvalue weighted by Crippen LogP contribution is -2.44. The minimum Gasteiger partial charge on any atom is -0.459 e. The highest BCUT2D eigenvalue weighted by atomic mass is 16.7. The minimum absolute atomic E-state index is 0.0599. The van der Waals surface area contributed by atoms with Gasteiger partial charge in [0.2, 0.25) is 0 Å². The largest absolute Gasteiger partial charge is 0.514 e. The highest BCUT2D eigenvalue weighted by Crippen LogP contribution is 2.23. The molecule has 0 spiro atoms. The number of hydrogen-bond donors (Lipinski definition) is 0. The van der Waals surface area contributed by atoms with E-state index in [1.807, 2.05) is 0 Å². The van der Waals surface area contributed by atoms with Gasteiger partial charge in [0.15, 0.2) is 0 Å². The zero-order chi connectivity index (χ0) is 31.7. The Hall–Kier alpha value is -5.17. The molecular formula is C31H32N4O9. The predicted octanol–water partition coefficient (Wildman–Crippen LogP) is 6.65. The molecule has 0 N–H and O–H groups in total. The summed E-state index contributed by atoms with van der Waals surface area (Å²) < 4.78 is 21.2. The number of esters is 1. The average molecular weight is 605 g/mol. The van der Waals surface area contributed by atoms with Gasteiger partial charge in [-0.1, -0.05) is 12.1 Å². The summed E-state index contributed by atoms with van der Waals surface area (Å²) in [7, 11) is 0. The van der Waals surface area contributed by atoms with Gasteiger partial charge >= 0.3 is 12.1 Å². The highest BCUT2D eigenvalue weighted by molar-refractivity contribution is 5.96. The van der Waals surface area contributed by atoms with Crippen molar-refractivity contribution in [3.63, 3.8) is 0 Å². The Morgan fingerprint density at radius 2 is 1.57 bits per heavy atom. The van der Waals surface area contributed by atoms with E-state index in [0.29, 0.717) is 35.5 Å². The van der Waals surface area contributed by atoms with Gasteiger partial charge in [0, 0.05) is 24.3 Å². The molecule has 0 aromatic heterocycles. The Morgan fingerprint density at radius 1 is 0.955 bits per heavy atom. The van der Waals surface area contributed by atoms with Crippen LogP contribution < -0.4 is 4.74 Å². The Morgan fingerprint density at radius 3 is 2.11 bits per heavy atom. The minimum atomic E-state index is -0.951. The van der Waals surface area contributed by atoms with Crippen LogP contribution in [0.3, 0.4) is 0 Å². The Labute approximate surface area is 253 Å². The second-order valence-corrected chi connectivity index (χ2v) is 10.8. The summed E-state index contributed by atoms with van der Waals surface area (Å²) in [5.74, 6) is -0.734. The molecule has 0 saturated carbocycles. The van der Waals surface area contributed by atoms with E-state index in [9.17, 15) is 24.5 Å². The van der Waals surface area contributed by atoms with Crippen molar-refractivity contribution in [2.75, 3.05) is 13.2 Å². The topological polar surface area (TPSA) is 159 Å². The van der Waals surface area contributed by atoms with Crippen LogP contribution in [0.15, 0.2) is 83.0 Å². The third-order valence-electron chi connectivity index (χ3n) is 6.17. The van der Waals surface area contributed by atoms with E-state index in [4.69, 9.17) is 18.9 Å². The van der Waals surface area contributed by atoms with Crippen LogP contribution in [0.2, 0.25) is 0 Å². The molecule has 1 fully saturated rings. The number of hydrogen-bond acceptors (Lipinski definition) is 11. The van der Waals surface area contributed by atoms with Crippen LogP contribution >= 0.6 is 0 Å². The lowest BCUT2D eigenvalue weighted by Gasteiger charge is -2.29. The maximum absolute atomic E-state index is 13.3. The number of benzene rings is 3. The van der Waals surface area contributed by atoms with Crippen molar-refractivity contribution in [3.05, 3.63) is 94.0 Å². The van der Waals surface area contributed by atoms with Crippen LogP contribution in [0.25, 0.3) is 0 Å². The molecule has 0 bridgehead atoms. The van der Waals surface area contributed by atoms with Gasteiger partial charge in [-0.2, -0.15) is 10.2 Å². The van der Waals surface area contributed by atoms with Crippen LogP contribution in [-0.2, 0) is 25.6 Å². The summed E-state index contributed by atoms with van der Waals surface area (Å²) in [6, 6.07) is 18.4. The molecule has 1 aliphatic rings. The van der Waals surface area contributed by atoms with Crippen LogP contribution in [0.5, 0.6) is 5.75 Å². The van der Waals surface area contributed by atoms with Crippen molar-refractivity contribution >= 4 is 35.1 Å². The molecule has 1 unspecified atom stereocenters. The number of non-ortho nitro benzene ring substituents is 1. The second kappa shape index (κ2) is 14.3. The van der Waals surface area contributed by atoms with E-state index >= 15 is 0 Å². The number of ether oxygens (including phenoxy) is 4. The van der Waals surface area contributed by atoms with Crippen molar-refractivity contribution in [3.8, 4) is 5.75 Å². The molecule has 13 heteroatoms. The third-order valence-corrected chi connectivity index (χ3v) is 6.17. The molecule has 4 rings (SSSR count). The normalized spacial score (nSPS) is 14.7. The fourth-order valence-corrected chi connectivity index (χ4v) is 4.14. The van der Waals surface area contributed by atoms with E-state index in [1.165, 1.54) is 29.2 Å². The summed E-state index contributed by atoms with van der Waals surface area (Å²) in [4.78, 5) is 49.3. The molecule has 1 saturated heterocycles. The first kappa shape index (κ1) is 31.8. The molecule has 3 aromatic carbocycles. The zero-order valence-corrected chi connectivity index (χ0v) is 24.5. The number of azo groups is 1. The number of nitro benzene ring substituents is 1. The molecule has 3 aromatic rings. The second-order valence-electron chi connectivity index (χ2n) is 10.8. The lowest BCUT2D eigenvalue weighted by molar-refractivity contribution is -0.384. The van der Waals surface area contributed by atoms with Gasteiger partial charge in [0.05, 0.1) is 16.3 Å².